The third-order valence-corrected chi connectivity index (χ3v) is 1.75. The van der Waals surface area contributed by atoms with Crippen LogP contribution in [-0.4, -0.2) is 28.2 Å². The Labute approximate surface area is 70.2 Å². The van der Waals surface area contributed by atoms with E-state index in [-0.39, 0.29) is 6.42 Å². The minimum atomic E-state index is -1.15. The maximum Gasteiger partial charge on any atom is 0.320 e. The van der Waals surface area contributed by atoms with E-state index in [0.29, 0.717) is 6.42 Å². The Morgan fingerprint density at radius 1 is 1.42 bits per heavy atom. The van der Waals surface area contributed by atoms with Crippen LogP contribution in [0.15, 0.2) is 0 Å². The average molecular weight is 175 g/mol. The first-order chi connectivity index (χ1) is 5.49. The largest absolute Gasteiger partial charge is 0.481 e. The monoisotopic (exact) mass is 175 g/mol. The molecule has 0 unspecified atom stereocenters. The molecule has 0 saturated heterocycles. The Morgan fingerprint density at radius 2 is 1.92 bits per heavy atom. The van der Waals surface area contributed by atoms with Crippen molar-refractivity contribution in [3.05, 3.63) is 0 Å². The van der Waals surface area contributed by atoms with Gasteiger partial charge in [-0.15, -0.1) is 0 Å². The van der Waals surface area contributed by atoms with Crippen LogP contribution in [0.25, 0.3) is 0 Å². The van der Waals surface area contributed by atoms with Gasteiger partial charge in [-0.2, -0.15) is 0 Å². The van der Waals surface area contributed by atoms with E-state index >= 15 is 0 Å². The van der Waals surface area contributed by atoms with Crippen molar-refractivity contribution in [3.63, 3.8) is 0 Å². The first-order valence-electron chi connectivity index (χ1n) is 3.69. The van der Waals surface area contributed by atoms with Crippen molar-refractivity contribution in [2.24, 2.45) is 11.7 Å². The number of carboxylic acid groups (broad SMARTS) is 2. The van der Waals surface area contributed by atoms with Crippen molar-refractivity contribution in [2.75, 3.05) is 0 Å². The lowest BCUT2D eigenvalue weighted by Gasteiger charge is -2.16. The van der Waals surface area contributed by atoms with Gasteiger partial charge in [-0.1, -0.05) is 13.3 Å². The molecular formula is C7H13NO4. The number of rotatable bonds is 5. The molecule has 0 amide bonds. The molecule has 5 nitrogen and oxygen atoms in total. The molecule has 0 aliphatic heterocycles. The molecule has 0 bridgehead atoms. The van der Waals surface area contributed by atoms with Crippen LogP contribution in [-0.2, 0) is 9.59 Å². The summed E-state index contributed by atoms with van der Waals surface area (Å²) in [6.07, 6.45) is 0.268. The molecule has 0 fully saturated rings. The molecule has 0 heterocycles. The quantitative estimate of drug-likeness (QED) is 0.541. The van der Waals surface area contributed by atoms with E-state index in [0.717, 1.165) is 0 Å². The molecule has 70 valence electrons. The van der Waals surface area contributed by atoms with Crippen LogP contribution in [0.1, 0.15) is 19.8 Å². The molecule has 12 heavy (non-hydrogen) atoms. The number of nitrogens with two attached hydrogens (primary N) is 1. The zero-order chi connectivity index (χ0) is 9.72. The van der Waals surface area contributed by atoms with Gasteiger partial charge in [0.15, 0.2) is 0 Å². The van der Waals surface area contributed by atoms with Gasteiger partial charge in [0.1, 0.15) is 6.04 Å². The first kappa shape index (κ1) is 10.9. The Balaban J connectivity index is 4.14. The number of hydrogen-bond acceptors (Lipinski definition) is 3. The minimum Gasteiger partial charge on any atom is -0.481 e. The van der Waals surface area contributed by atoms with Gasteiger partial charge in [0.2, 0.25) is 0 Å². The average Bonchev–Trinajstić information content (AvgIpc) is 1.98. The predicted molar refractivity (Wildman–Crippen MR) is 41.6 cm³/mol. The second kappa shape index (κ2) is 4.71. The Kier molecular flexibility index (Phi) is 4.28. The van der Waals surface area contributed by atoms with E-state index < -0.39 is 23.9 Å². The summed E-state index contributed by atoms with van der Waals surface area (Å²) >= 11 is 0. The highest BCUT2D eigenvalue weighted by atomic mass is 16.4. The van der Waals surface area contributed by atoms with Crippen LogP contribution in [0, 0.1) is 5.92 Å². The fourth-order valence-corrected chi connectivity index (χ4v) is 0.951. The highest BCUT2D eigenvalue weighted by Gasteiger charge is 2.24. The fraction of sp³-hybridized carbons (Fsp3) is 0.714. The standard InChI is InChI=1S/C7H13NO4/c1-2-4(3-5(9)10)6(8)7(11)12/h4,6H,2-3,8H2,1H3,(H,9,10)(H,11,12)/t4-,6+/m0/s1. The van der Waals surface area contributed by atoms with Crippen molar-refractivity contribution in [2.45, 2.75) is 25.8 Å². The van der Waals surface area contributed by atoms with Gasteiger partial charge >= 0.3 is 11.9 Å². The lowest BCUT2D eigenvalue weighted by Crippen LogP contribution is -2.38. The molecule has 0 aliphatic carbocycles. The van der Waals surface area contributed by atoms with Crippen LogP contribution in [0.2, 0.25) is 0 Å². The normalized spacial score (nSPS) is 15.2. The van der Waals surface area contributed by atoms with Gasteiger partial charge in [-0.3, -0.25) is 9.59 Å². The van der Waals surface area contributed by atoms with Gasteiger partial charge in [-0.25, -0.2) is 0 Å². The van der Waals surface area contributed by atoms with Gasteiger partial charge in [0.05, 0.1) is 6.42 Å². The number of carbonyl (C=O) groups is 2. The number of carboxylic acids is 2. The van der Waals surface area contributed by atoms with Crippen molar-refractivity contribution >= 4 is 11.9 Å². The van der Waals surface area contributed by atoms with E-state index in [2.05, 4.69) is 0 Å². The van der Waals surface area contributed by atoms with Crippen molar-refractivity contribution in [3.8, 4) is 0 Å². The van der Waals surface area contributed by atoms with Gasteiger partial charge in [0, 0.05) is 0 Å². The summed E-state index contributed by atoms with van der Waals surface area (Å²) in [6, 6.07) is -1.08. The molecule has 0 saturated carbocycles. The third-order valence-electron chi connectivity index (χ3n) is 1.75. The topological polar surface area (TPSA) is 101 Å². The van der Waals surface area contributed by atoms with E-state index in [9.17, 15) is 9.59 Å². The maximum atomic E-state index is 10.4. The maximum absolute atomic E-state index is 10.4. The molecule has 4 N–H and O–H groups in total. The van der Waals surface area contributed by atoms with E-state index in [1.807, 2.05) is 0 Å². The van der Waals surface area contributed by atoms with Crippen molar-refractivity contribution in [1.82, 2.24) is 0 Å². The summed E-state index contributed by atoms with van der Waals surface area (Å²) in [4.78, 5) is 20.6. The lowest BCUT2D eigenvalue weighted by atomic mass is 9.94. The molecular weight excluding hydrogens is 162 g/mol. The van der Waals surface area contributed by atoms with Gasteiger partial charge < -0.3 is 15.9 Å². The van der Waals surface area contributed by atoms with E-state index in [1.54, 1.807) is 6.92 Å². The van der Waals surface area contributed by atoms with Crippen molar-refractivity contribution < 1.29 is 19.8 Å². The fourth-order valence-electron chi connectivity index (χ4n) is 0.951. The molecule has 0 aromatic rings. The Morgan fingerprint density at radius 3 is 2.17 bits per heavy atom. The molecule has 0 aromatic carbocycles. The highest BCUT2D eigenvalue weighted by molar-refractivity contribution is 5.75. The Bertz CT molecular complexity index is 180. The summed E-state index contributed by atoms with van der Waals surface area (Å²) in [7, 11) is 0. The molecule has 2 atom stereocenters. The summed E-state index contributed by atoms with van der Waals surface area (Å²) < 4.78 is 0. The van der Waals surface area contributed by atoms with Crippen LogP contribution in [0.3, 0.4) is 0 Å². The molecule has 0 aromatic heterocycles. The third kappa shape index (κ3) is 3.34. The summed E-state index contributed by atoms with van der Waals surface area (Å²) in [5, 5.41) is 16.9. The van der Waals surface area contributed by atoms with Crippen LogP contribution in [0.5, 0.6) is 0 Å². The van der Waals surface area contributed by atoms with Crippen molar-refractivity contribution in [1.29, 1.82) is 0 Å². The van der Waals surface area contributed by atoms with Crippen LogP contribution >= 0.6 is 0 Å². The zero-order valence-electron chi connectivity index (χ0n) is 6.86. The summed E-state index contributed by atoms with van der Waals surface area (Å²) in [5.41, 5.74) is 5.26. The zero-order valence-corrected chi connectivity index (χ0v) is 6.86. The SMILES string of the molecule is CC[C@@H](CC(=O)O)[C@@H](N)C(=O)O. The molecule has 0 spiro atoms. The Hall–Kier alpha value is -1.10. The summed E-state index contributed by atoms with van der Waals surface area (Å²) in [6.45, 7) is 1.72. The molecule has 0 radical (unpaired) electrons. The van der Waals surface area contributed by atoms with Gasteiger partial charge in [-0.05, 0) is 5.92 Å². The number of aliphatic carboxylic acids is 2. The second-order valence-electron chi connectivity index (χ2n) is 2.63. The first-order valence-corrected chi connectivity index (χ1v) is 3.69. The molecule has 5 heteroatoms. The van der Waals surface area contributed by atoms with E-state index in [1.165, 1.54) is 0 Å². The van der Waals surface area contributed by atoms with Gasteiger partial charge in [0.25, 0.3) is 0 Å². The minimum absolute atomic E-state index is 0.191. The van der Waals surface area contributed by atoms with Crippen LogP contribution in [0.4, 0.5) is 0 Å². The second-order valence-corrected chi connectivity index (χ2v) is 2.63. The predicted octanol–water partition coefficient (Wildman–Crippen LogP) is -0.101. The number of hydrogen-bond donors (Lipinski definition) is 3. The lowest BCUT2D eigenvalue weighted by molar-refractivity contribution is -0.142. The molecule has 0 aliphatic rings. The summed E-state index contributed by atoms with van der Waals surface area (Å²) in [5.74, 6) is -2.65. The smallest absolute Gasteiger partial charge is 0.320 e. The highest BCUT2D eigenvalue weighted by Crippen LogP contribution is 2.11. The molecule has 0 rings (SSSR count). The van der Waals surface area contributed by atoms with E-state index in [4.69, 9.17) is 15.9 Å². The van der Waals surface area contributed by atoms with Crippen LogP contribution < -0.4 is 5.73 Å².